The second-order valence-electron chi connectivity index (χ2n) is 10.5. The minimum absolute atomic E-state index is 0.0664. The van der Waals surface area contributed by atoms with E-state index in [9.17, 15) is 9.59 Å². The molecular weight excluding hydrogens is 398 g/mol. The highest BCUT2D eigenvalue weighted by Crippen LogP contribution is 2.36. The smallest absolute Gasteiger partial charge is 0.410 e. The summed E-state index contributed by atoms with van der Waals surface area (Å²) in [4.78, 5) is 25.5. The maximum absolute atomic E-state index is 12.7. The lowest BCUT2D eigenvalue weighted by Crippen LogP contribution is -2.45. The van der Waals surface area contributed by atoms with Crippen molar-refractivity contribution >= 4 is 20.4 Å². The molecular formula is C23H47NO5Si. The van der Waals surface area contributed by atoms with Crippen LogP contribution in [0, 0.1) is 0 Å². The van der Waals surface area contributed by atoms with Crippen LogP contribution in [0.2, 0.25) is 18.1 Å². The van der Waals surface area contributed by atoms with E-state index in [0.29, 0.717) is 6.54 Å². The number of amides is 1. The fourth-order valence-electron chi connectivity index (χ4n) is 2.81. The van der Waals surface area contributed by atoms with Crippen LogP contribution in [-0.4, -0.2) is 56.7 Å². The Labute approximate surface area is 186 Å². The number of carbonyl (C=O) groups is 2. The molecule has 0 aromatic heterocycles. The fourth-order valence-corrected chi connectivity index (χ4v) is 3.90. The zero-order valence-electron chi connectivity index (χ0n) is 21.2. The Hall–Kier alpha value is -1.08. The van der Waals surface area contributed by atoms with Crippen molar-refractivity contribution in [2.45, 2.75) is 117 Å². The van der Waals surface area contributed by atoms with Crippen molar-refractivity contribution in [3.8, 4) is 0 Å². The number of ether oxygens (including phenoxy) is 2. The van der Waals surface area contributed by atoms with Crippen molar-refractivity contribution in [3.63, 3.8) is 0 Å². The van der Waals surface area contributed by atoms with E-state index in [1.807, 2.05) is 20.8 Å². The predicted molar refractivity (Wildman–Crippen MR) is 125 cm³/mol. The van der Waals surface area contributed by atoms with E-state index in [4.69, 9.17) is 13.9 Å². The molecule has 0 saturated carbocycles. The maximum Gasteiger partial charge on any atom is 0.410 e. The lowest BCUT2D eigenvalue weighted by Gasteiger charge is -2.36. The van der Waals surface area contributed by atoms with Gasteiger partial charge in [-0.3, -0.25) is 4.79 Å². The molecule has 0 aliphatic heterocycles. The van der Waals surface area contributed by atoms with Gasteiger partial charge in [-0.1, -0.05) is 40.5 Å². The van der Waals surface area contributed by atoms with Crippen LogP contribution in [0.3, 0.4) is 0 Å². The lowest BCUT2D eigenvalue weighted by molar-refractivity contribution is -0.141. The van der Waals surface area contributed by atoms with Crippen LogP contribution in [-0.2, 0) is 18.7 Å². The first-order valence-corrected chi connectivity index (χ1v) is 14.3. The van der Waals surface area contributed by atoms with E-state index in [1.54, 1.807) is 4.90 Å². The Kier molecular flexibility index (Phi) is 12.2. The maximum atomic E-state index is 12.7. The molecule has 0 aromatic rings. The molecule has 0 radical (unpaired) electrons. The summed E-state index contributed by atoms with van der Waals surface area (Å²) in [5.74, 6) is -0.339. The van der Waals surface area contributed by atoms with E-state index in [0.717, 1.165) is 38.7 Å². The molecule has 178 valence electrons. The third kappa shape index (κ3) is 11.9. The van der Waals surface area contributed by atoms with Gasteiger partial charge in [0.15, 0.2) is 8.32 Å². The van der Waals surface area contributed by atoms with Gasteiger partial charge in [0, 0.05) is 19.6 Å². The molecule has 1 atom stereocenters. The van der Waals surface area contributed by atoms with Crippen molar-refractivity contribution in [2.75, 3.05) is 19.8 Å². The molecule has 0 N–H and O–H groups in total. The molecule has 1 unspecified atom stereocenters. The second-order valence-corrected chi connectivity index (χ2v) is 15.3. The SMILES string of the molecule is CCC(CCCCCO[Si](C)(C)C(C)(C)C)N(CCOC(C)=O)C(=O)OC(C)(C)C. The Balaban J connectivity index is 4.67. The summed E-state index contributed by atoms with van der Waals surface area (Å²) in [5, 5.41) is 0.232. The molecule has 0 saturated heterocycles. The Bertz CT molecular complexity index is 523. The average molecular weight is 446 g/mol. The minimum Gasteiger partial charge on any atom is -0.464 e. The van der Waals surface area contributed by atoms with Crippen molar-refractivity contribution in [1.29, 1.82) is 0 Å². The van der Waals surface area contributed by atoms with Crippen molar-refractivity contribution in [2.24, 2.45) is 0 Å². The molecule has 1 amide bonds. The van der Waals surface area contributed by atoms with Gasteiger partial charge in [0.2, 0.25) is 0 Å². The van der Waals surface area contributed by atoms with Gasteiger partial charge in [0.05, 0.1) is 6.54 Å². The summed E-state index contributed by atoms with van der Waals surface area (Å²) in [5.41, 5.74) is -0.559. The highest BCUT2D eigenvalue weighted by Gasteiger charge is 2.36. The summed E-state index contributed by atoms with van der Waals surface area (Å²) < 4.78 is 16.9. The summed E-state index contributed by atoms with van der Waals surface area (Å²) in [6, 6.07) is 0.0664. The van der Waals surface area contributed by atoms with Gasteiger partial charge < -0.3 is 18.8 Å². The van der Waals surface area contributed by atoms with E-state index < -0.39 is 13.9 Å². The van der Waals surface area contributed by atoms with Crippen molar-refractivity contribution in [3.05, 3.63) is 0 Å². The first-order chi connectivity index (χ1) is 13.6. The monoisotopic (exact) mass is 445 g/mol. The number of hydrogen-bond donors (Lipinski definition) is 0. The lowest BCUT2D eigenvalue weighted by atomic mass is 10.0. The third-order valence-corrected chi connectivity index (χ3v) is 10.2. The molecule has 30 heavy (non-hydrogen) atoms. The molecule has 7 heteroatoms. The first kappa shape index (κ1) is 28.9. The van der Waals surface area contributed by atoms with E-state index in [-0.39, 0.29) is 29.7 Å². The number of rotatable bonds is 12. The Morgan fingerprint density at radius 2 is 1.57 bits per heavy atom. The minimum atomic E-state index is -1.68. The van der Waals surface area contributed by atoms with Gasteiger partial charge in [-0.05, 0) is 58.2 Å². The van der Waals surface area contributed by atoms with Gasteiger partial charge in [-0.2, -0.15) is 0 Å². The zero-order valence-corrected chi connectivity index (χ0v) is 22.2. The number of unbranched alkanes of at least 4 members (excludes halogenated alkanes) is 2. The van der Waals surface area contributed by atoms with Crippen molar-refractivity contribution in [1.82, 2.24) is 4.90 Å². The van der Waals surface area contributed by atoms with E-state index in [2.05, 4.69) is 40.8 Å². The molecule has 0 aliphatic rings. The van der Waals surface area contributed by atoms with Crippen LogP contribution in [0.4, 0.5) is 4.79 Å². The van der Waals surface area contributed by atoms with Gasteiger partial charge in [-0.25, -0.2) is 4.79 Å². The summed E-state index contributed by atoms with van der Waals surface area (Å²) in [6.07, 6.45) is 4.50. The third-order valence-electron chi connectivity index (χ3n) is 5.63. The standard InChI is InChI=1S/C23H47NO5Si/c1-11-20(15-13-12-14-17-28-30(9,10)23(6,7)8)24(16-18-27-19(2)25)21(26)29-22(3,4)5/h20H,11-18H2,1-10H3. The largest absolute Gasteiger partial charge is 0.464 e. The average Bonchev–Trinajstić information content (AvgIpc) is 2.56. The molecule has 0 heterocycles. The van der Waals surface area contributed by atoms with Crippen LogP contribution >= 0.6 is 0 Å². The molecule has 0 fully saturated rings. The Morgan fingerprint density at radius 1 is 0.967 bits per heavy atom. The molecule has 0 bridgehead atoms. The molecule has 6 nitrogen and oxygen atoms in total. The first-order valence-electron chi connectivity index (χ1n) is 11.4. The summed E-state index contributed by atoms with van der Waals surface area (Å²) in [7, 11) is -1.68. The predicted octanol–water partition coefficient (Wildman–Crippen LogP) is 6.15. The van der Waals surface area contributed by atoms with Crippen LogP contribution < -0.4 is 0 Å². The molecule has 0 aliphatic carbocycles. The van der Waals surface area contributed by atoms with Gasteiger partial charge in [0.1, 0.15) is 12.2 Å². The van der Waals surface area contributed by atoms with Crippen LogP contribution in [0.1, 0.15) is 87.5 Å². The van der Waals surface area contributed by atoms with Gasteiger partial charge in [-0.15, -0.1) is 0 Å². The van der Waals surface area contributed by atoms with Gasteiger partial charge in [0.25, 0.3) is 0 Å². The molecule has 0 aromatic carbocycles. The quantitative estimate of drug-likeness (QED) is 0.205. The summed E-state index contributed by atoms with van der Waals surface area (Å²) in [6.45, 7) is 21.7. The van der Waals surface area contributed by atoms with E-state index in [1.165, 1.54) is 6.92 Å². The number of carbonyl (C=O) groups excluding carboxylic acids is 2. The molecule has 0 rings (SSSR count). The summed E-state index contributed by atoms with van der Waals surface area (Å²) >= 11 is 0. The zero-order chi connectivity index (χ0) is 23.6. The number of hydrogen-bond acceptors (Lipinski definition) is 5. The number of nitrogens with zero attached hydrogens (tertiary/aromatic N) is 1. The van der Waals surface area contributed by atoms with Crippen molar-refractivity contribution < 1.29 is 23.5 Å². The van der Waals surface area contributed by atoms with Crippen LogP contribution in [0.15, 0.2) is 0 Å². The normalized spacial score (nSPS) is 13.7. The van der Waals surface area contributed by atoms with Crippen LogP contribution in [0.25, 0.3) is 0 Å². The molecule has 0 spiro atoms. The fraction of sp³-hybridized carbons (Fsp3) is 0.913. The Morgan fingerprint density at radius 3 is 2.03 bits per heavy atom. The topological polar surface area (TPSA) is 65.1 Å². The highest BCUT2D eigenvalue weighted by molar-refractivity contribution is 6.74. The van der Waals surface area contributed by atoms with Gasteiger partial charge >= 0.3 is 12.1 Å². The second kappa shape index (κ2) is 12.7. The number of esters is 1. The van der Waals surface area contributed by atoms with Crippen LogP contribution in [0.5, 0.6) is 0 Å². The van der Waals surface area contributed by atoms with E-state index >= 15 is 0 Å². The highest BCUT2D eigenvalue weighted by atomic mass is 28.4.